The van der Waals surface area contributed by atoms with Crippen LogP contribution in [-0.2, 0) is 4.74 Å². The highest BCUT2D eigenvalue weighted by Gasteiger charge is 2.35. The number of hydrogen-bond donors (Lipinski definition) is 2. The second-order valence-corrected chi connectivity index (χ2v) is 6.42. The molecule has 2 N–H and O–H groups in total. The first kappa shape index (κ1) is 13.0. The van der Waals surface area contributed by atoms with E-state index in [1.165, 1.54) is 0 Å². The predicted octanol–water partition coefficient (Wildman–Crippen LogP) is 1.61. The largest absolute Gasteiger partial charge is 0.381 e. The van der Waals surface area contributed by atoms with Gasteiger partial charge in [0.15, 0.2) is 0 Å². The van der Waals surface area contributed by atoms with Crippen LogP contribution < -0.4 is 10.6 Å². The lowest BCUT2D eigenvalue weighted by Gasteiger charge is -2.35. The molecular weight excluding hydrogens is 236 g/mol. The van der Waals surface area contributed by atoms with E-state index in [1.54, 1.807) is 0 Å². The summed E-state index contributed by atoms with van der Waals surface area (Å²) in [5, 5.41) is 6.00. The molecular formula is C12H22N2O2S. The molecule has 2 atom stereocenters. The molecule has 1 aliphatic carbocycles. The fraction of sp³-hybridized carbons (Fsp3) is 0.917. The van der Waals surface area contributed by atoms with Crippen LogP contribution in [0.15, 0.2) is 0 Å². The molecule has 1 saturated carbocycles. The molecule has 0 aromatic carbocycles. The third-order valence-electron chi connectivity index (χ3n) is 3.83. The summed E-state index contributed by atoms with van der Waals surface area (Å²) < 4.78 is 5.55. The van der Waals surface area contributed by atoms with E-state index in [-0.39, 0.29) is 10.8 Å². The van der Waals surface area contributed by atoms with Crippen molar-refractivity contribution in [3.63, 3.8) is 0 Å². The highest BCUT2D eigenvalue weighted by molar-refractivity contribution is 8.00. The Morgan fingerprint density at radius 1 is 1.47 bits per heavy atom. The molecule has 4 nitrogen and oxygen atoms in total. The molecule has 2 rings (SSSR count). The number of nitrogens with one attached hydrogen (secondary N) is 2. The van der Waals surface area contributed by atoms with Gasteiger partial charge >= 0.3 is 6.03 Å². The van der Waals surface area contributed by atoms with Crippen LogP contribution in [0.2, 0.25) is 0 Å². The zero-order valence-electron chi connectivity index (χ0n) is 10.6. The first-order valence-electron chi connectivity index (χ1n) is 6.32. The van der Waals surface area contributed by atoms with Crippen LogP contribution in [0.5, 0.6) is 0 Å². The SMILES string of the molecule is CSC1(CNC(=O)N[C@H]2C[C@@H]2C)CCOCC1. The predicted molar refractivity (Wildman–Crippen MR) is 70.4 cm³/mol. The minimum Gasteiger partial charge on any atom is -0.381 e. The van der Waals surface area contributed by atoms with E-state index >= 15 is 0 Å². The average molecular weight is 258 g/mol. The molecule has 98 valence electrons. The minimum absolute atomic E-state index is 0.0146. The first-order valence-corrected chi connectivity index (χ1v) is 7.55. The Morgan fingerprint density at radius 2 is 2.12 bits per heavy atom. The van der Waals surface area contributed by atoms with E-state index in [9.17, 15) is 4.79 Å². The smallest absolute Gasteiger partial charge is 0.315 e. The summed E-state index contributed by atoms with van der Waals surface area (Å²) in [5.41, 5.74) is 0. The summed E-state index contributed by atoms with van der Waals surface area (Å²) in [6, 6.07) is 0.384. The average Bonchev–Trinajstić information content (AvgIpc) is 3.03. The number of thioether (sulfide) groups is 1. The molecule has 2 fully saturated rings. The van der Waals surface area contributed by atoms with E-state index in [0.717, 1.165) is 39.0 Å². The molecule has 0 bridgehead atoms. The van der Waals surface area contributed by atoms with Crippen LogP contribution in [0, 0.1) is 5.92 Å². The molecule has 1 saturated heterocycles. The lowest BCUT2D eigenvalue weighted by molar-refractivity contribution is 0.0777. The summed E-state index contributed by atoms with van der Waals surface area (Å²) >= 11 is 1.85. The van der Waals surface area contributed by atoms with Gasteiger partial charge in [-0.2, -0.15) is 11.8 Å². The second kappa shape index (κ2) is 5.48. The van der Waals surface area contributed by atoms with Crippen molar-refractivity contribution in [2.45, 2.75) is 37.0 Å². The summed E-state index contributed by atoms with van der Waals surface area (Å²) in [5.74, 6) is 0.651. The summed E-state index contributed by atoms with van der Waals surface area (Å²) in [6.07, 6.45) is 5.28. The number of amides is 2. The molecule has 0 unspecified atom stereocenters. The van der Waals surface area contributed by atoms with Crippen molar-refractivity contribution in [1.29, 1.82) is 0 Å². The van der Waals surface area contributed by atoms with Crippen LogP contribution in [0.25, 0.3) is 0 Å². The van der Waals surface area contributed by atoms with Gasteiger partial charge in [-0.05, 0) is 31.4 Å². The Kier molecular flexibility index (Phi) is 4.20. The zero-order valence-corrected chi connectivity index (χ0v) is 11.4. The Balaban J connectivity index is 1.73. The van der Waals surface area contributed by atoms with Crippen LogP contribution in [0.4, 0.5) is 4.79 Å². The van der Waals surface area contributed by atoms with Gasteiger partial charge in [0.05, 0.1) is 0 Å². The highest BCUT2D eigenvalue weighted by atomic mass is 32.2. The number of urea groups is 1. The van der Waals surface area contributed by atoms with Crippen molar-refractivity contribution >= 4 is 17.8 Å². The third-order valence-corrected chi connectivity index (χ3v) is 5.25. The zero-order chi connectivity index (χ0) is 12.3. The molecule has 1 heterocycles. The fourth-order valence-corrected chi connectivity index (χ4v) is 2.97. The highest BCUT2D eigenvalue weighted by Crippen LogP contribution is 2.33. The monoisotopic (exact) mass is 258 g/mol. The summed E-state index contributed by atoms with van der Waals surface area (Å²) in [7, 11) is 0. The number of carbonyl (C=O) groups excluding carboxylic acids is 1. The standard InChI is InChI=1S/C12H22N2O2S/c1-9-7-10(9)14-11(15)13-8-12(17-2)3-5-16-6-4-12/h9-10H,3-8H2,1-2H3,(H2,13,14,15)/t9-,10-/m0/s1. The fourth-order valence-electron chi connectivity index (χ4n) is 2.18. The van der Waals surface area contributed by atoms with Gasteiger partial charge in [0, 0.05) is 30.5 Å². The maximum atomic E-state index is 11.7. The van der Waals surface area contributed by atoms with E-state index < -0.39 is 0 Å². The third kappa shape index (κ3) is 3.52. The van der Waals surface area contributed by atoms with Crippen molar-refractivity contribution in [2.75, 3.05) is 26.0 Å². The molecule has 0 spiro atoms. The summed E-state index contributed by atoms with van der Waals surface area (Å²) in [6.45, 7) is 4.52. The van der Waals surface area contributed by atoms with Crippen molar-refractivity contribution in [3.8, 4) is 0 Å². The number of carbonyl (C=O) groups is 1. The maximum Gasteiger partial charge on any atom is 0.315 e. The van der Waals surface area contributed by atoms with Gasteiger partial charge in [0.1, 0.15) is 0 Å². The molecule has 0 aromatic heterocycles. The molecule has 2 aliphatic rings. The molecule has 17 heavy (non-hydrogen) atoms. The number of rotatable bonds is 4. The van der Waals surface area contributed by atoms with E-state index in [1.807, 2.05) is 11.8 Å². The van der Waals surface area contributed by atoms with Gasteiger partial charge < -0.3 is 15.4 Å². The van der Waals surface area contributed by atoms with E-state index in [4.69, 9.17) is 4.74 Å². The maximum absolute atomic E-state index is 11.7. The Labute approximate surface area is 107 Å². The van der Waals surface area contributed by atoms with Crippen LogP contribution in [0.1, 0.15) is 26.2 Å². The Hall–Kier alpha value is -0.420. The van der Waals surface area contributed by atoms with Gasteiger partial charge in [0.2, 0.25) is 0 Å². The lowest BCUT2D eigenvalue weighted by Crippen LogP contribution is -2.47. The molecule has 0 aromatic rings. The van der Waals surface area contributed by atoms with Gasteiger partial charge in [-0.15, -0.1) is 0 Å². The molecule has 5 heteroatoms. The van der Waals surface area contributed by atoms with Crippen molar-refractivity contribution < 1.29 is 9.53 Å². The minimum atomic E-state index is -0.0146. The quantitative estimate of drug-likeness (QED) is 0.805. The van der Waals surface area contributed by atoms with Crippen LogP contribution in [0.3, 0.4) is 0 Å². The molecule has 0 radical (unpaired) electrons. The van der Waals surface area contributed by atoms with E-state index in [2.05, 4.69) is 23.8 Å². The Bertz CT molecular complexity index is 280. The first-order chi connectivity index (χ1) is 8.15. The van der Waals surface area contributed by atoms with Gasteiger partial charge in [0.25, 0.3) is 0 Å². The van der Waals surface area contributed by atoms with Crippen molar-refractivity contribution in [1.82, 2.24) is 10.6 Å². The van der Waals surface area contributed by atoms with Gasteiger partial charge in [-0.3, -0.25) is 0 Å². The number of hydrogen-bond acceptors (Lipinski definition) is 3. The molecule has 2 amide bonds. The van der Waals surface area contributed by atoms with Crippen molar-refractivity contribution in [2.24, 2.45) is 5.92 Å². The van der Waals surface area contributed by atoms with Crippen molar-refractivity contribution in [3.05, 3.63) is 0 Å². The topological polar surface area (TPSA) is 50.4 Å². The lowest BCUT2D eigenvalue weighted by atomic mass is 9.99. The van der Waals surface area contributed by atoms with Gasteiger partial charge in [-0.1, -0.05) is 6.92 Å². The normalized spacial score (nSPS) is 30.7. The van der Waals surface area contributed by atoms with Crippen LogP contribution >= 0.6 is 11.8 Å². The second-order valence-electron chi connectivity index (χ2n) is 5.15. The Morgan fingerprint density at radius 3 is 2.65 bits per heavy atom. The van der Waals surface area contributed by atoms with Crippen LogP contribution in [-0.4, -0.2) is 42.8 Å². The van der Waals surface area contributed by atoms with Gasteiger partial charge in [-0.25, -0.2) is 4.79 Å². The van der Waals surface area contributed by atoms with E-state index in [0.29, 0.717) is 12.0 Å². The summed E-state index contributed by atoms with van der Waals surface area (Å²) in [4.78, 5) is 11.7. The molecule has 1 aliphatic heterocycles. The number of ether oxygens (including phenoxy) is 1.